The van der Waals surface area contributed by atoms with Gasteiger partial charge in [-0.25, -0.2) is 0 Å². The van der Waals surface area contributed by atoms with Crippen molar-refractivity contribution in [2.75, 3.05) is 37.5 Å². The quantitative estimate of drug-likeness (QED) is 0.565. The van der Waals surface area contributed by atoms with Gasteiger partial charge in [0.25, 0.3) is 0 Å². The van der Waals surface area contributed by atoms with Crippen LogP contribution in [0.1, 0.15) is 33.3 Å². The third-order valence-electron chi connectivity index (χ3n) is 3.81. The van der Waals surface area contributed by atoms with E-state index in [4.69, 9.17) is 24.7 Å². The van der Waals surface area contributed by atoms with Gasteiger partial charge in [0.05, 0.1) is 37.8 Å². The Morgan fingerprint density at radius 1 is 0.704 bits per heavy atom. The maximum absolute atomic E-state index is 6.18. The molecule has 0 saturated heterocycles. The summed E-state index contributed by atoms with van der Waals surface area (Å²) in [6, 6.07) is 9.59. The summed E-state index contributed by atoms with van der Waals surface area (Å²) in [6.45, 7) is 10.7. The zero-order chi connectivity index (χ0) is 19.6. The van der Waals surface area contributed by atoms with Crippen LogP contribution in [0.25, 0.3) is 0 Å². The standard InChI is InChI=1S/C21H30N2O4/c1-5-24-18-10-9-15(11-19(18)25-6-2)14-23-17-13-21(27-8-4)20(26-7-3)12-16(17)22/h9-13,23H,5-8,14,22H2,1-4H3. The number of nitrogen functional groups attached to an aromatic ring is 1. The number of nitrogens with one attached hydrogen (secondary N) is 1. The number of hydrogen-bond donors (Lipinski definition) is 2. The van der Waals surface area contributed by atoms with Gasteiger partial charge >= 0.3 is 0 Å². The van der Waals surface area contributed by atoms with E-state index in [-0.39, 0.29) is 0 Å². The Bertz CT molecular complexity index is 734. The summed E-state index contributed by atoms with van der Waals surface area (Å²) in [5.41, 5.74) is 8.65. The van der Waals surface area contributed by atoms with E-state index < -0.39 is 0 Å². The van der Waals surface area contributed by atoms with Gasteiger partial charge in [0.2, 0.25) is 0 Å². The first kappa shape index (κ1) is 20.6. The summed E-state index contributed by atoms with van der Waals surface area (Å²) in [6.07, 6.45) is 0. The van der Waals surface area contributed by atoms with Gasteiger partial charge in [0.1, 0.15) is 0 Å². The van der Waals surface area contributed by atoms with E-state index >= 15 is 0 Å². The SMILES string of the molecule is CCOc1ccc(CNc2cc(OCC)c(OCC)cc2N)cc1OCC. The Balaban J connectivity index is 2.17. The molecule has 0 heterocycles. The molecule has 0 spiro atoms. The second kappa shape index (κ2) is 10.4. The third kappa shape index (κ3) is 5.61. The predicted molar refractivity (Wildman–Crippen MR) is 109 cm³/mol. The molecular formula is C21H30N2O4. The normalized spacial score (nSPS) is 10.4. The van der Waals surface area contributed by atoms with E-state index in [1.165, 1.54) is 0 Å². The van der Waals surface area contributed by atoms with Crippen LogP contribution in [-0.2, 0) is 6.54 Å². The van der Waals surface area contributed by atoms with Crippen LogP contribution in [0.15, 0.2) is 30.3 Å². The van der Waals surface area contributed by atoms with Gasteiger partial charge in [0.15, 0.2) is 23.0 Å². The molecule has 6 nitrogen and oxygen atoms in total. The second-order valence-electron chi connectivity index (χ2n) is 5.75. The molecule has 2 rings (SSSR count). The molecule has 0 amide bonds. The van der Waals surface area contributed by atoms with Crippen molar-refractivity contribution in [3.8, 4) is 23.0 Å². The van der Waals surface area contributed by atoms with E-state index in [0.717, 1.165) is 22.7 Å². The van der Waals surface area contributed by atoms with Crippen LogP contribution >= 0.6 is 0 Å². The minimum Gasteiger partial charge on any atom is -0.490 e. The third-order valence-corrected chi connectivity index (χ3v) is 3.81. The molecule has 0 aliphatic rings. The molecule has 0 radical (unpaired) electrons. The highest BCUT2D eigenvalue weighted by Gasteiger charge is 2.11. The van der Waals surface area contributed by atoms with Crippen LogP contribution in [0.3, 0.4) is 0 Å². The Hall–Kier alpha value is -2.76. The van der Waals surface area contributed by atoms with Crippen molar-refractivity contribution in [1.29, 1.82) is 0 Å². The maximum Gasteiger partial charge on any atom is 0.163 e. The molecule has 0 fully saturated rings. The van der Waals surface area contributed by atoms with Gasteiger partial charge in [-0.3, -0.25) is 0 Å². The Morgan fingerprint density at radius 3 is 1.81 bits per heavy atom. The van der Waals surface area contributed by atoms with Gasteiger partial charge in [-0.15, -0.1) is 0 Å². The van der Waals surface area contributed by atoms with Gasteiger partial charge in [-0.1, -0.05) is 6.07 Å². The van der Waals surface area contributed by atoms with Crippen molar-refractivity contribution in [2.45, 2.75) is 34.2 Å². The van der Waals surface area contributed by atoms with Crippen molar-refractivity contribution in [2.24, 2.45) is 0 Å². The summed E-state index contributed by atoms with van der Waals surface area (Å²) < 4.78 is 22.6. The van der Waals surface area contributed by atoms with Crippen LogP contribution in [0.5, 0.6) is 23.0 Å². The van der Waals surface area contributed by atoms with E-state index in [1.807, 2.05) is 52.0 Å². The topological polar surface area (TPSA) is 75.0 Å². The number of rotatable bonds is 11. The fraction of sp³-hybridized carbons (Fsp3) is 0.429. The van der Waals surface area contributed by atoms with E-state index in [0.29, 0.717) is 50.2 Å². The summed E-state index contributed by atoms with van der Waals surface area (Å²) in [5, 5.41) is 3.36. The van der Waals surface area contributed by atoms with Crippen LogP contribution in [-0.4, -0.2) is 26.4 Å². The summed E-state index contributed by atoms with van der Waals surface area (Å²) in [4.78, 5) is 0. The molecule has 2 aromatic carbocycles. The number of hydrogen-bond acceptors (Lipinski definition) is 6. The highest BCUT2D eigenvalue weighted by atomic mass is 16.5. The lowest BCUT2D eigenvalue weighted by molar-refractivity contribution is 0.287. The van der Waals surface area contributed by atoms with Crippen molar-refractivity contribution < 1.29 is 18.9 Å². The smallest absolute Gasteiger partial charge is 0.163 e. The molecule has 0 aliphatic heterocycles. The minimum atomic E-state index is 0.554. The number of anilines is 2. The molecule has 0 aromatic heterocycles. The first-order chi connectivity index (χ1) is 13.1. The fourth-order valence-corrected chi connectivity index (χ4v) is 2.67. The monoisotopic (exact) mass is 374 g/mol. The lowest BCUT2D eigenvalue weighted by atomic mass is 10.1. The highest BCUT2D eigenvalue weighted by molar-refractivity contribution is 5.72. The molecule has 0 unspecified atom stereocenters. The molecule has 27 heavy (non-hydrogen) atoms. The highest BCUT2D eigenvalue weighted by Crippen LogP contribution is 2.36. The van der Waals surface area contributed by atoms with Crippen molar-refractivity contribution in [1.82, 2.24) is 0 Å². The van der Waals surface area contributed by atoms with Crippen molar-refractivity contribution in [3.05, 3.63) is 35.9 Å². The molecule has 0 aliphatic carbocycles. The Morgan fingerprint density at radius 2 is 1.22 bits per heavy atom. The van der Waals surface area contributed by atoms with Crippen molar-refractivity contribution in [3.63, 3.8) is 0 Å². The first-order valence-corrected chi connectivity index (χ1v) is 9.44. The summed E-state index contributed by atoms with van der Waals surface area (Å²) >= 11 is 0. The molecule has 3 N–H and O–H groups in total. The molecule has 0 atom stereocenters. The lowest BCUT2D eigenvalue weighted by Crippen LogP contribution is -2.06. The largest absolute Gasteiger partial charge is 0.490 e. The zero-order valence-corrected chi connectivity index (χ0v) is 16.6. The van der Waals surface area contributed by atoms with Gasteiger partial charge < -0.3 is 30.0 Å². The van der Waals surface area contributed by atoms with Gasteiger partial charge in [-0.05, 0) is 45.4 Å². The zero-order valence-electron chi connectivity index (χ0n) is 16.6. The Kier molecular flexibility index (Phi) is 7.92. The molecular weight excluding hydrogens is 344 g/mol. The number of ether oxygens (including phenoxy) is 4. The van der Waals surface area contributed by atoms with Crippen LogP contribution in [0.2, 0.25) is 0 Å². The fourth-order valence-electron chi connectivity index (χ4n) is 2.67. The average molecular weight is 374 g/mol. The Labute approximate surface area is 161 Å². The summed E-state index contributed by atoms with van der Waals surface area (Å²) in [7, 11) is 0. The second-order valence-corrected chi connectivity index (χ2v) is 5.75. The lowest BCUT2D eigenvalue weighted by Gasteiger charge is -2.16. The molecule has 2 aromatic rings. The predicted octanol–water partition coefficient (Wildman–Crippen LogP) is 4.48. The molecule has 6 heteroatoms. The van der Waals surface area contributed by atoms with Crippen LogP contribution in [0, 0.1) is 0 Å². The molecule has 0 bridgehead atoms. The summed E-state index contributed by atoms with van der Waals surface area (Å²) in [5.74, 6) is 2.83. The van der Waals surface area contributed by atoms with Crippen molar-refractivity contribution >= 4 is 11.4 Å². The van der Waals surface area contributed by atoms with E-state index in [2.05, 4.69) is 5.32 Å². The first-order valence-electron chi connectivity index (χ1n) is 9.44. The van der Waals surface area contributed by atoms with Crippen LogP contribution < -0.4 is 30.0 Å². The number of nitrogens with two attached hydrogens (primary N) is 1. The molecule has 0 saturated carbocycles. The maximum atomic E-state index is 6.18. The minimum absolute atomic E-state index is 0.554. The van der Waals surface area contributed by atoms with Crippen LogP contribution in [0.4, 0.5) is 11.4 Å². The number of benzene rings is 2. The van der Waals surface area contributed by atoms with Gasteiger partial charge in [-0.2, -0.15) is 0 Å². The van der Waals surface area contributed by atoms with E-state index in [9.17, 15) is 0 Å². The average Bonchev–Trinajstić information content (AvgIpc) is 2.65. The van der Waals surface area contributed by atoms with Gasteiger partial charge in [0, 0.05) is 18.7 Å². The van der Waals surface area contributed by atoms with E-state index in [1.54, 1.807) is 6.07 Å². The molecule has 148 valence electrons.